The third-order valence-electron chi connectivity index (χ3n) is 0. The molecule has 0 aliphatic heterocycles. The second kappa shape index (κ2) is 19.9. The molecule has 0 amide bonds. The van der Waals surface area contributed by atoms with Crippen LogP contribution in [0.5, 0.6) is 0 Å². The van der Waals surface area contributed by atoms with Gasteiger partial charge in [-0.2, -0.15) is 0 Å². The van der Waals surface area contributed by atoms with Crippen LogP contribution in [0.25, 0.3) is 0 Å². The summed E-state index contributed by atoms with van der Waals surface area (Å²) >= 11 is 7.33. The van der Waals surface area contributed by atoms with Crippen molar-refractivity contribution in [3.63, 3.8) is 0 Å². The van der Waals surface area contributed by atoms with Gasteiger partial charge in [0.25, 0.3) is 0 Å². The summed E-state index contributed by atoms with van der Waals surface area (Å²) in [5.41, 5.74) is 0. The molecule has 0 heterocycles. The normalized spacial score (nSPS) is 1.50. The fourth-order valence-electron chi connectivity index (χ4n) is 0. The summed E-state index contributed by atoms with van der Waals surface area (Å²) in [6.45, 7) is 0. The predicted octanol–water partition coefficient (Wildman–Crippen LogP) is -3.00. The van der Waals surface area contributed by atoms with Crippen LogP contribution in [0.2, 0.25) is 0 Å². The predicted molar refractivity (Wildman–Crippen MR) is 14.7 cm³/mol. The quantitative estimate of drug-likeness (QED) is 0.189. The number of rotatable bonds is 0. The largest absolute Gasteiger partial charge is 1.00 e. The molecule has 0 aliphatic rings. The molecule has 0 aliphatic carbocycles. The van der Waals surface area contributed by atoms with Crippen LogP contribution < -0.4 is 18.9 Å². The number of hydrogen-bond acceptors (Lipinski definition) is 2. The Morgan fingerprint density at radius 3 is 1.00 bits per heavy atom. The zero-order valence-corrected chi connectivity index (χ0v) is 5.51. The van der Waals surface area contributed by atoms with Crippen LogP contribution in [0, 0.1) is 0 Å². The molecule has 0 atom stereocenters. The van der Waals surface area contributed by atoms with Crippen molar-refractivity contribution in [2.75, 3.05) is 0 Å². The van der Waals surface area contributed by atoms with Crippen LogP contribution >= 0.6 is 0 Å². The maximum atomic E-state index is 3.67. The minimum Gasteiger partial charge on any atom is -1.00 e. The molecule has 0 aromatic rings. The fourth-order valence-corrected chi connectivity index (χ4v) is 0. The summed E-state index contributed by atoms with van der Waals surface area (Å²) in [5.74, 6) is 0. The molecular weight excluding hydrogens is 119 g/mol. The van der Waals surface area contributed by atoms with Gasteiger partial charge in [-0.15, -0.1) is 0 Å². The van der Waals surface area contributed by atoms with E-state index in [2.05, 4.69) is 23.3 Å². The fraction of sp³-hybridized carbons (Fsp3) is 0. The van der Waals surface area contributed by atoms with E-state index >= 15 is 0 Å². The molecule has 0 spiro atoms. The molecule has 0 saturated heterocycles. The molecule has 0 radical (unpaired) electrons. The van der Waals surface area contributed by atoms with Gasteiger partial charge >= 0.3 is 18.9 Å². The Kier molecular flexibility index (Phi) is 82.9. The molecule has 4 heteroatoms. The zero-order valence-electron chi connectivity index (χ0n) is 2.32. The molecule has 0 aromatic carbocycles. The van der Waals surface area contributed by atoms with E-state index in [1.165, 1.54) is 0 Å². The van der Waals surface area contributed by atoms with Crippen molar-refractivity contribution in [1.82, 2.24) is 0 Å². The minimum absolute atomic E-state index is 0. The first-order valence-electron chi connectivity index (χ1n) is 0.167. The van der Waals surface area contributed by atoms with Crippen molar-refractivity contribution in [3.8, 4) is 0 Å². The van der Waals surface area contributed by atoms with Gasteiger partial charge in [0.15, 0.2) is 0 Å². The molecule has 0 nitrogen and oxygen atoms in total. The van der Waals surface area contributed by atoms with Gasteiger partial charge in [-0.1, -0.05) is 0 Å². The first kappa shape index (κ1) is 16.6. The summed E-state index contributed by atoms with van der Waals surface area (Å²) in [5, 5.41) is 0. The van der Waals surface area contributed by atoms with Gasteiger partial charge in [0.1, 0.15) is 0 Å². The van der Waals surface area contributed by atoms with Crippen LogP contribution in [0.3, 0.4) is 0 Å². The summed E-state index contributed by atoms with van der Waals surface area (Å²) in [7, 11) is 0. The molecule has 0 fully saturated rings. The van der Waals surface area contributed by atoms with Crippen LogP contribution in [0.15, 0.2) is 0 Å². The Balaban J connectivity index is -0.00000000500. The molecule has 0 rings (SSSR count). The van der Waals surface area contributed by atoms with Gasteiger partial charge in [0, 0.05) is 21.7 Å². The van der Waals surface area contributed by atoms with Gasteiger partial charge in [-0.25, -0.2) is 0 Å². The SMILES string of the molecule is [Li+].[S-][S-].[Ti]. The van der Waals surface area contributed by atoms with Crippen LogP contribution in [-0.2, 0) is 45.0 Å². The molecule has 0 unspecified atom stereocenters. The minimum atomic E-state index is 0. The van der Waals surface area contributed by atoms with E-state index in [1.807, 2.05) is 0 Å². The van der Waals surface area contributed by atoms with Crippen molar-refractivity contribution in [2.24, 2.45) is 0 Å². The van der Waals surface area contributed by atoms with Gasteiger partial charge in [0.05, 0.1) is 0 Å². The van der Waals surface area contributed by atoms with Crippen LogP contribution in [0.1, 0.15) is 0 Å². The van der Waals surface area contributed by atoms with E-state index < -0.39 is 0 Å². The standard InChI is InChI=1S/Li.S2.Ti/c;1-2;/q+1;-2;. The molecular formula is LiS2Ti-. The Morgan fingerprint density at radius 1 is 1.00 bits per heavy atom. The summed E-state index contributed by atoms with van der Waals surface area (Å²) in [6, 6.07) is 0. The van der Waals surface area contributed by atoms with Crippen molar-refractivity contribution < 1.29 is 40.6 Å². The first-order valence-corrected chi connectivity index (χ1v) is 1.50. The van der Waals surface area contributed by atoms with E-state index in [1.54, 1.807) is 0 Å². The average Bonchev–Trinajstić information content (AvgIpc) is 1.00. The summed E-state index contributed by atoms with van der Waals surface area (Å²) in [4.78, 5) is 0. The Labute approximate surface area is 63.4 Å². The maximum Gasteiger partial charge on any atom is 1.00 e. The van der Waals surface area contributed by atoms with Crippen molar-refractivity contribution >= 4 is 23.3 Å². The Bertz CT molecular complexity index is 6.00. The molecule has 0 bridgehead atoms. The third-order valence-corrected chi connectivity index (χ3v) is 0. The van der Waals surface area contributed by atoms with Gasteiger partial charge in [0.2, 0.25) is 0 Å². The number of hydrogen-bond donors (Lipinski definition) is 0. The molecule has 0 saturated carbocycles. The summed E-state index contributed by atoms with van der Waals surface area (Å²) in [6.07, 6.45) is 0. The van der Waals surface area contributed by atoms with E-state index in [0.29, 0.717) is 0 Å². The van der Waals surface area contributed by atoms with Gasteiger partial charge in [-0.05, 0) is 0 Å². The van der Waals surface area contributed by atoms with E-state index in [0.717, 1.165) is 0 Å². The van der Waals surface area contributed by atoms with Gasteiger partial charge < -0.3 is 23.3 Å². The van der Waals surface area contributed by atoms with Gasteiger partial charge in [-0.3, -0.25) is 0 Å². The maximum absolute atomic E-state index is 3.67. The van der Waals surface area contributed by atoms with E-state index in [4.69, 9.17) is 0 Å². The second-order valence-corrected chi connectivity index (χ2v) is 0. The van der Waals surface area contributed by atoms with E-state index in [-0.39, 0.29) is 40.6 Å². The second-order valence-electron chi connectivity index (χ2n) is 0. The smallest absolute Gasteiger partial charge is 1.00 e. The summed E-state index contributed by atoms with van der Waals surface area (Å²) < 4.78 is 0. The average molecular weight is 119 g/mol. The zero-order chi connectivity index (χ0) is 2.00. The molecule has 0 N–H and O–H groups in total. The van der Waals surface area contributed by atoms with Crippen molar-refractivity contribution in [3.05, 3.63) is 0 Å². The van der Waals surface area contributed by atoms with Crippen LogP contribution in [-0.4, -0.2) is 0 Å². The first-order chi connectivity index (χ1) is 1.00. The van der Waals surface area contributed by atoms with Crippen molar-refractivity contribution in [1.29, 1.82) is 0 Å². The monoisotopic (exact) mass is 119 g/mol. The molecule has 0 aromatic heterocycles. The third kappa shape index (κ3) is 8.99. The topological polar surface area (TPSA) is 0 Å². The van der Waals surface area contributed by atoms with E-state index in [9.17, 15) is 0 Å². The Hall–Kier alpha value is 2.01. The van der Waals surface area contributed by atoms with Crippen LogP contribution in [0.4, 0.5) is 0 Å². The van der Waals surface area contributed by atoms with Crippen molar-refractivity contribution in [2.45, 2.75) is 0 Å². The molecule has 4 heavy (non-hydrogen) atoms. The Morgan fingerprint density at radius 2 is 1.00 bits per heavy atom. The molecule has 18 valence electrons.